The standard InChI is InChI=1S/C46H44ClN3O7Si/c1-28-43(58(2,3)55)41(24-42(52)48-26-31-11-5-4-10-30(31)22-34(48)27-51)57-46(28)36-23-32(47)18-21-37(36)49(45(46)54)25-29-16-19-33(20-17-29)50-38-13-7-9-15-40(38)56-39-14-8-6-12-35(39)44(50)53/h4-21,23,28,34,41,43,51,55H,22,24-27H2,1-3H3/t28-,34+,41+,43-,46+/m1/s1. The molecule has 0 aromatic heterocycles. The molecule has 3 amide bonds. The number of halogens is 1. The fraction of sp³-hybridized carbons (Fsp3) is 0.283. The number of ether oxygens (including phenoxy) is 2. The zero-order valence-corrected chi connectivity index (χ0v) is 34.2. The van der Waals surface area contributed by atoms with Crippen LogP contribution in [0.1, 0.15) is 46.0 Å². The Morgan fingerprint density at radius 3 is 2.31 bits per heavy atom. The molecule has 5 atom stereocenters. The molecule has 0 aliphatic carbocycles. The highest BCUT2D eigenvalue weighted by Crippen LogP contribution is 2.60. The summed E-state index contributed by atoms with van der Waals surface area (Å²) in [5, 5.41) is 10.8. The molecule has 2 N–H and O–H groups in total. The van der Waals surface area contributed by atoms with E-state index in [4.69, 9.17) is 21.1 Å². The fourth-order valence-corrected chi connectivity index (χ4v) is 12.5. The second-order valence-electron chi connectivity index (χ2n) is 16.3. The number of carbonyl (C=O) groups excluding carboxylic acids is 3. The maximum Gasteiger partial charge on any atom is 0.266 e. The zero-order valence-electron chi connectivity index (χ0n) is 32.5. The van der Waals surface area contributed by atoms with Gasteiger partial charge in [0.2, 0.25) is 5.91 Å². The predicted octanol–water partition coefficient (Wildman–Crippen LogP) is 8.10. The smallest absolute Gasteiger partial charge is 0.266 e. The summed E-state index contributed by atoms with van der Waals surface area (Å²) in [5.41, 5.74) is 3.93. The van der Waals surface area contributed by atoms with Crippen LogP contribution in [-0.4, -0.2) is 59.6 Å². The van der Waals surface area contributed by atoms with E-state index in [9.17, 15) is 19.5 Å². The predicted molar refractivity (Wildman–Crippen MR) is 224 cm³/mol. The van der Waals surface area contributed by atoms with Crippen molar-refractivity contribution in [2.45, 2.75) is 69.2 Å². The monoisotopic (exact) mass is 813 g/mol. The highest BCUT2D eigenvalue weighted by atomic mass is 35.5. The van der Waals surface area contributed by atoms with Crippen LogP contribution in [-0.2, 0) is 39.4 Å². The van der Waals surface area contributed by atoms with Gasteiger partial charge in [0.25, 0.3) is 11.8 Å². The van der Waals surface area contributed by atoms with Crippen molar-refractivity contribution in [3.8, 4) is 11.5 Å². The van der Waals surface area contributed by atoms with Crippen LogP contribution < -0.4 is 14.5 Å². The number of rotatable bonds is 7. The van der Waals surface area contributed by atoms with Crippen molar-refractivity contribution in [3.05, 3.63) is 148 Å². The van der Waals surface area contributed by atoms with Crippen LogP contribution in [0.3, 0.4) is 0 Å². The molecule has 0 saturated carbocycles. The normalized spacial score (nSPS) is 23.6. The molecule has 0 unspecified atom stereocenters. The maximum absolute atomic E-state index is 15.1. The second-order valence-corrected chi connectivity index (χ2v) is 20.7. The fourth-order valence-electron chi connectivity index (χ4n) is 9.74. The van der Waals surface area contributed by atoms with Gasteiger partial charge >= 0.3 is 0 Å². The first kappa shape index (κ1) is 38.2. The number of amides is 3. The Balaban J connectivity index is 1.02. The van der Waals surface area contributed by atoms with Crippen molar-refractivity contribution in [1.82, 2.24) is 4.90 Å². The van der Waals surface area contributed by atoms with Gasteiger partial charge in [0.05, 0.1) is 48.7 Å². The molecule has 296 valence electrons. The summed E-state index contributed by atoms with van der Waals surface area (Å²) in [6.07, 6.45) is -0.271. The Morgan fingerprint density at radius 1 is 0.879 bits per heavy atom. The van der Waals surface area contributed by atoms with Crippen LogP contribution >= 0.6 is 11.6 Å². The molecule has 5 aromatic rings. The van der Waals surface area contributed by atoms with E-state index in [1.54, 1.807) is 39.0 Å². The van der Waals surface area contributed by atoms with E-state index in [1.807, 2.05) is 111 Å². The minimum absolute atomic E-state index is 0.0507. The van der Waals surface area contributed by atoms with E-state index in [2.05, 4.69) is 0 Å². The lowest BCUT2D eigenvalue weighted by Crippen LogP contribution is -2.48. The molecule has 4 aliphatic heterocycles. The Kier molecular flexibility index (Phi) is 9.56. The molecule has 0 radical (unpaired) electrons. The molecule has 1 fully saturated rings. The van der Waals surface area contributed by atoms with Crippen LogP contribution in [0.25, 0.3) is 0 Å². The topological polar surface area (TPSA) is 120 Å². The maximum atomic E-state index is 15.1. The largest absolute Gasteiger partial charge is 0.454 e. The Morgan fingerprint density at radius 2 is 1.57 bits per heavy atom. The van der Waals surface area contributed by atoms with Crippen molar-refractivity contribution in [3.63, 3.8) is 0 Å². The lowest BCUT2D eigenvalue weighted by Gasteiger charge is -2.37. The van der Waals surface area contributed by atoms with Crippen molar-refractivity contribution < 1.29 is 33.8 Å². The first-order chi connectivity index (χ1) is 27.9. The molecule has 10 nitrogen and oxygen atoms in total. The van der Waals surface area contributed by atoms with Crippen LogP contribution in [0.2, 0.25) is 23.7 Å². The van der Waals surface area contributed by atoms with E-state index in [0.717, 1.165) is 16.7 Å². The minimum Gasteiger partial charge on any atom is -0.454 e. The van der Waals surface area contributed by atoms with Crippen molar-refractivity contribution in [2.24, 2.45) is 5.92 Å². The van der Waals surface area contributed by atoms with Crippen LogP contribution in [0, 0.1) is 5.92 Å². The Labute approximate surface area is 343 Å². The molecule has 5 aromatic carbocycles. The van der Waals surface area contributed by atoms with Gasteiger partial charge in [-0.05, 0) is 90.8 Å². The summed E-state index contributed by atoms with van der Waals surface area (Å²) in [4.78, 5) is 60.2. The van der Waals surface area contributed by atoms with E-state index in [-0.39, 0.29) is 43.3 Å². The van der Waals surface area contributed by atoms with Gasteiger partial charge in [0.1, 0.15) is 5.75 Å². The zero-order chi connectivity index (χ0) is 40.5. The van der Waals surface area contributed by atoms with Crippen LogP contribution in [0.5, 0.6) is 11.5 Å². The molecular weight excluding hydrogens is 770 g/mol. The number of benzene rings is 5. The highest BCUT2D eigenvalue weighted by Gasteiger charge is 2.66. The lowest BCUT2D eigenvalue weighted by molar-refractivity contribution is -0.151. The average molecular weight is 814 g/mol. The molecule has 12 heteroatoms. The average Bonchev–Trinajstić information content (AvgIpc) is 3.58. The number of fused-ring (bicyclic) bond motifs is 5. The van der Waals surface area contributed by atoms with E-state index in [1.165, 1.54) is 0 Å². The van der Waals surface area contributed by atoms with Gasteiger partial charge in [-0.25, -0.2) is 0 Å². The molecule has 1 spiro atoms. The van der Waals surface area contributed by atoms with Crippen molar-refractivity contribution in [1.29, 1.82) is 0 Å². The van der Waals surface area contributed by atoms with E-state index >= 15 is 4.79 Å². The van der Waals surface area contributed by atoms with Gasteiger partial charge in [-0.3, -0.25) is 19.3 Å². The van der Waals surface area contributed by atoms with E-state index in [0.29, 0.717) is 57.7 Å². The van der Waals surface area contributed by atoms with Gasteiger partial charge < -0.3 is 29.2 Å². The lowest BCUT2D eigenvalue weighted by atomic mass is 9.82. The highest BCUT2D eigenvalue weighted by molar-refractivity contribution is 6.71. The molecule has 0 bridgehead atoms. The molecular formula is C46H44ClN3O7Si. The van der Waals surface area contributed by atoms with Gasteiger partial charge in [0, 0.05) is 34.3 Å². The number of hydrogen-bond acceptors (Lipinski definition) is 7. The number of hydrogen-bond donors (Lipinski definition) is 2. The van der Waals surface area contributed by atoms with Gasteiger partial charge in [-0.1, -0.05) is 79.2 Å². The number of carbonyl (C=O) groups is 3. The summed E-state index contributed by atoms with van der Waals surface area (Å²) in [6.45, 7) is 5.98. The SMILES string of the molecule is C[C@@H]1[C@@H]([Si](C)(C)O)[C@H](CC(=O)N2Cc3ccccc3C[C@H]2CO)O[C@@]12C(=O)N(Cc1ccc(N3C(=O)c4ccccc4Oc4ccccc43)cc1)c1ccc(Cl)cc12. The van der Waals surface area contributed by atoms with Crippen molar-refractivity contribution >= 4 is 54.7 Å². The number of aliphatic hydroxyl groups is 1. The third-order valence-corrected chi connectivity index (χ3v) is 15.1. The third kappa shape index (κ3) is 6.24. The van der Waals surface area contributed by atoms with E-state index < -0.39 is 31.5 Å². The number of nitrogens with zero attached hydrogens (tertiary/aromatic N) is 3. The third-order valence-electron chi connectivity index (χ3n) is 12.4. The number of aliphatic hydroxyl groups excluding tert-OH is 1. The summed E-state index contributed by atoms with van der Waals surface area (Å²) < 4.78 is 13.1. The molecule has 4 heterocycles. The Hall–Kier alpha value is -5.30. The molecule has 58 heavy (non-hydrogen) atoms. The quantitative estimate of drug-likeness (QED) is 0.160. The summed E-state index contributed by atoms with van der Waals surface area (Å²) in [5.74, 6) is -0.163. The molecule has 9 rings (SSSR count). The van der Waals surface area contributed by atoms with Crippen molar-refractivity contribution in [2.75, 3.05) is 16.4 Å². The van der Waals surface area contributed by atoms with Crippen LogP contribution in [0.4, 0.5) is 17.1 Å². The summed E-state index contributed by atoms with van der Waals surface area (Å²) in [6, 6.07) is 35.0. The molecule has 1 saturated heterocycles. The summed E-state index contributed by atoms with van der Waals surface area (Å²) >= 11 is 6.64. The van der Waals surface area contributed by atoms with Gasteiger partial charge in [0.15, 0.2) is 19.7 Å². The Bertz CT molecular complexity index is 2450. The first-order valence-electron chi connectivity index (χ1n) is 19.7. The number of para-hydroxylation sites is 3. The first-order valence-corrected chi connectivity index (χ1v) is 23.1. The minimum atomic E-state index is -3.07. The molecule has 4 aliphatic rings. The van der Waals surface area contributed by atoms with Gasteiger partial charge in [-0.2, -0.15) is 0 Å². The second kappa shape index (κ2) is 14.5. The van der Waals surface area contributed by atoms with Crippen LogP contribution in [0.15, 0.2) is 115 Å². The number of anilines is 3. The summed E-state index contributed by atoms with van der Waals surface area (Å²) in [7, 11) is -3.07. The van der Waals surface area contributed by atoms with Gasteiger partial charge in [-0.15, -0.1) is 0 Å².